The summed E-state index contributed by atoms with van der Waals surface area (Å²) in [6.45, 7) is 6.31. The number of carboxylic acids is 1. The molecular weight excluding hydrogens is 256 g/mol. The van der Waals surface area contributed by atoms with Crippen LogP contribution in [0.4, 0.5) is 0 Å². The molecule has 2 rings (SSSR count). The second kappa shape index (κ2) is 5.36. The fourth-order valence-electron chi connectivity index (χ4n) is 2.25. The second-order valence-electron chi connectivity index (χ2n) is 4.67. The Hall–Kier alpha value is -2.30. The number of carbonyl (C=O) groups is 1. The Morgan fingerprint density at radius 1 is 1.30 bits per heavy atom. The second-order valence-corrected chi connectivity index (χ2v) is 4.67. The van der Waals surface area contributed by atoms with Crippen LogP contribution in [-0.2, 0) is 6.54 Å². The molecule has 5 heteroatoms. The van der Waals surface area contributed by atoms with E-state index in [9.17, 15) is 9.90 Å². The predicted octanol–water partition coefficient (Wildman–Crippen LogP) is 2.89. The van der Waals surface area contributed by atoms with Crippen LogP contribution in [0.1, 0.15) is 28.5 Å². The zero-order chi connectivity index (χ0) is 14.9. The summed E-state index contributed by atoms with van der Waals surface area (Å²) in [7, 11) is 1.63. The monoisotopic (exact) mass is 274 g/mol. The van der Waals surface area contributed by atoms with Crippen LogP contribution < -0.4 is 4.74 Å². The third-order valence-electron chi connectivity index (χ3n) is 3.32. The summed E-state index contributed by atoms with van der Waals surface area (Å²) in [6, 6.07) is 5.53. The molecule has 1 N–H and O–H groups in total. The van der Waals surface area contributed by atoms with Gasteiger partial charge in [-0.3, -0.25) is 4.68 Å². The third-order valence-corrected chi connectivity index (χ3v) is 3.32. The Balaban J connectivity index is 2.57. The number of rotatable bonds is 4. The van der Waals surface area contributed by atoms with Crippen molar-refractivity contribution in [2.45, 2.75) is 27.3 Å². The number of nitrogens with zero attached hydrogens (tertiary/aromatic N) is 2. The van der Waals surface area contributed by atoms with Crippen LogP contribution in [0.2, 0.25) is 0 Å². The smallest absolute Gasteiger partial charge is 0.354 e. The van der Waals surface area contributed by atoms with Gasteiger partial charge >= 0.3 is 5.97 Å². The molecule has 20 heavy (non-hydrogen) atoms. The van der Waals surface area contributed by atoms with Crippen molar-refractivity contribution in [2.24, 2.45) is 0 Å². The minimum Gasteiger partial charge on any atom is -0.496 e. The van der Waals surface area contributed by atoms with E-state index in [-0.39, 0.29) is 5.69 Å². The number of aromatic carboxylic acids is 1. The van der Waals surface area contributed by atoms with E-state index in [0.717, 1.165) is 22.4 Å². The lowest BCUT2D eigenvalue weighted by atomic mass is 10.0. The summed E-state index contributed by atoms with van der Waals surface area (Å²) in [6.07, 6.45) is 0. The maximum Gasteiger partial charge on any atom is 0.354 e. The molecule has 0 unspecified atom stereocenters. The van der Waals surface area contributed by atoms with Crippen LogP contribution in [0.3, 0.4) is 0 Å². The Bertz CT molecular complexity index is 659. The molecule has 2 aromatic rings. The summed E-state index contributed by atoms with van der Waals surface area (Å²) >= 11 is 0. The molecule has 106 valence electrons. The lowest BCUT2D eigenvalue weighted by Gasteiger charge is -2.09. The summed E-state index contributed by atoms with van der Waals surface area (Å²) in [5.41, 5.74) is 3.81. The number of aromatic nitrogens is 2. The van der Waals surface area contributed by atoms with E-state index in [2.05, 4.69) is 5.10 Å². The van der Waals surface area contributed by atoms with Gasteiger partial charge in [0.15, 0.2) is 0 Å². The molecule has 0 atom stereocenters. The van der Waals surface area contributed by atoms with Gasteiger partial charge in [0.1, 0.15) is 11.4 Å². The normalized spacial score (nSPS) is 10.6. The van der Waals surface area contributed by atoms with Crippen LogP contribution in [0.5, 0.6) is 5.75 Å². The van der Waals surface area contributed by atoms with Gasteiger partial charge in [-0.05, 0) is 50.1 Å². The summed E-state index contributed by atoms with van der Waals surface area (Å²) in [5.74, 6) is -0.145. The van der Waals surface area contributed by atoms with E-state index >= 15 is 0 Å². The van der Waals surface area contributed by atoms with Crippen molar-refractivity contribution in [2.75, 3.05) is 7.11 Å². The molecule has 0 amide bonds. The van der Waals surface area contributed by atoms with E-state index in [1.165, 1.54) is 4.68 Å². The van der Waals surface area contributed by atoms with Gasteiger partial charge in [0.2, 0.25) is 0 Å². The standard InChI is InChI=1S/C15H18N2O3/c1-5-17-13(15(18)19)8-12(16-17)11-6-10(3)14(20-4)7-9(11)2/h6-8H,5H2,1-4H3,(H,18,19). The number of ether oxygens (including phenoxy) is 1. The topological polar surface area (TPSA) is 64.4 Å². The van der Waals surface area contributed by atoms with Gasteiger partial charge in [0.25, 0.3) is 0 Å². The Kier molecular flexibility index (Phi) is 3.79. The molecule has 0 saturated heterocycles. The predicted molar refractivity (Wildman–Crippen MR) is 76.3 cm³/mol. The van der Waals surface area contributed by atoms with Crippen molar-refractivity contribution in [3.63, 3.8) is 0 Å². The lowest BCUT2D eigenvalue weighted by Crippen LogP contribution is -2.08. The fourth-order valence-corrected chi connectivity index (χ4v) is 2.25. The molecule has 0 aliphatic rings. The number of hydrogen-bond acceptors (Lipinski definition) is 3. The molecule has 0 fully saturated rings. The molecule has 1 heterocycles. The molecule has 0 aliphatic carbocycles. The summed E-state index contributed by atoms with van der Waals surface area (Å²) in [4.78, 5) is 11.2. The summed E-state index contributed by atoms with van der Waals surface area (Å²) in [5, 5.41) is 13.6. The number of hydrogen-bond donors (Lipinski definition) is 1. The van der Waals surface area contributed by atoms with E-state index < -0.39 is 5.97 Å². The number of benzene rings is 1. The van der Waals surface area contributed by atoms with Crippen molar-refractivity contribution in [3.8, 4) is 17.0 Å². The van der Waals surface area contributed by atoms with Gasteiger partial charge in [0.05, 0.1) is 12.8 Å². The largest absolute Gasteiger partial charge is 0.496 e. The van der Waals surface area contributed by atoms with Gasteiger partial charge in [-0.1, -0.05) is 0 Å². The Labute approximate surface area is 117 Å². The first-order valence-corrected chi connectivity index (χ1v) is 6.44. The van der Waals surface area contributed by atoms with Crippen molar-refractivity contribution < 1.29 is 14.6 Å². The number of aryl methyl sites for hydroxylation is 3. The quantitative estimate of drug-likeness (QED) is 0.931. The molecule has 0 spiro atoms. The third kappa shape index (κ3) is 2.39. The number of methoxy groups -OCH3 is 1. The maximum absolute atomic E-state index is 11.2. The number of carboxylic acid groups (broad SMARTS) is 1. The average molecular weight is 274 g/mol. The summed E-state index contributed by atoms with van der Waals surface area (Å²) < 4.78 is 6.78. The molecule has 0 aliphatic heterocycles. The van der Waals surface area contributed by atoms with Gasteiger partial charge in [-0.2, -0.15) is 5.10 Å². The van der Waals surface area contributed by atoms with E-state index in [4.69, 9.17) is 4.74 Å². The maximum atomic E-state index is 11.2. The first kappa shape index (κ1) is 14.1. The van der Waals surface area contributed by atoms with Crippen LogP contribution in [-0.4, -0.2) is 28.0 Å². The Morgan fingerprint density at radius 3 is 2.50 bits per heavy atom. The fraction of sp³-hybridized carbons (Fsp3) is 0.333. The molecule has 5 nitrogen and oxygen atoms in total. The Morgan fingerprint density at radius 2 is 2.00 bits per heavy atom. The first-order valence-electron chi connectivity index (χ1n) is 6.44. The molecule has 1 aromatic carbocycles. The highest BCUT2D eigenvalue weighted by Crippen LogP contribution is 2.29. The molecule has 0 saturated carbocycles. The molecule has 0 radical (unpaired) electrons. The van der Waals surface area contributed by atoms with Crippen molar-refractivity contribution in [1.82, 2.24) is 9.78 Å². The molecular formula is C15H18N2O3. The molecule has 0 bridgehead atoms. The minimum atomic E-state index is -0.964. The highest BCUT2D eigenvalue weighted by Gasteiger charge is 2.16. The van der Waals surface area contributed by atoms with Crippen LogP contribution in [0.15, 0.2) is 18.2 Å². The molecule has 1 aromatic heterocycles. The van der Waals surface area contributed by atoms with E-state index in [0.29, 0.717) is 12.2 Å². The van der Waals surface area contributed by atoms with Crippen molar-refractivity contribution in [1.29, 1.82) is 0 Å². The minimum absolute atomic E-state index is 0.204. The first-order chi connectivity index (χ1) is 9.47. The van der Waals surface area contributed by atoms with Crippen molar-refractivity contribution in [3.05, 3.63) is 35.0 Å². The SMILES string of the molecule is CCn1nc(-c2cc(C)c(OC)cc2C)cc1C(=O)O. The van der Waals surface area contributed by atoms with Crippen LogP contribution in [0, 0.1) is 13.8 Å². The average Bonchev–Trinajstić information content (AvgIpc) is 2.85. The zero-order valence-corrected chi connectivity index (χ0v) is 12.1. The van der Waals surface area contributed by atoms with Crippen LogP contribution >= 0.6 is 0 Å². The van der Waals surface area contributed by atoms with E-state index in [1.54, 1.807) is 13.2 Å². The highest BCUT2D eigenvalue weighted by molar-refractivity contribution is 5.87. The van der Waals surface area contributed by atoms with Crippen LogP contribution in [0.25, 0.3) is 11.3 Å². The lowest BCUT2D eigenvalue weighted by molar-refractivity contribution is 0.0683. The van der Waals surface area contributed by atoms with Gasteiger partial charge in [-0.25, -0.2) is 4.79 Å². The van der Waals surface area contributed by atoms with E-state index in [1.807, 2.05) is 32.9 Å². The van der Waals surface area contributed by atoms with Gasteiger partial charge in [-0.15, -0.1) is 0 Å². The highest BCUT2D eigenvalue weighted by atomic mass is 16.5. The zero-order valence-electron chi connectivity index (χ0n) is 12.1. The van der Waals surface area contributed by atoms with Gasteiger partial charge in [0, 0.05) is 12.1 Å². The van der Waals surface area contributed by atoms with Crippen molar-refractivity contribution >= 4 is 5.97 Å². The van der Waals surface area contributed by atoms with Gasteiger partial charge < -0.3 is 9.84 Å².